The van der Waals surface area contributed by atoms with Crippen LogP contribution < -0.4 is 26.3 Å². The van der Waals surface area contributed by atoms with Crippen LogP contribution in [0.1, 0.15) is 47.0 Å². The number of nitriles is 1. The molecule has 12 heteroatoms. The van der Waals surface area contributed by atoms with Gasteiger partial charge < -0.3 is 26.8 Å². The van der Waals surface area contributed by atoms with E-state index < -0.39 is 29.1 Å². The molecule has 2 aromatic heterocycles. The minimum absolute atomic E-state index is 0. The van der Waals surface area contributed by atoms with E-state index in [9.17, 15) is 14.3 Å². The summed E-state index contributed by atoms with van der Waals surface area (Å²) in [7, 11) is 0. The van der Waals surface area contributed by atoms with E-state index in [1.165, 1.54) is 29.0 Å². The van der Waals surface area contributed by atoms with E-state index in [0.29, 0.717) is 28.6 Å². The van der Waals surface area contributed by atoms with Gasteiger partial charge in [0.15, 0.2) is 0 Å². The summed E-state index contributed by atoms with van der Waals surface area (Å²) >= 11 is 1.32. The minimum Gasteiger partial charge on any atom is -1.00 e. The Kier molecular flexibility index (Phi) is 10.0. The molecule has 0 amide bonds. The fraction of sp³-hybridized carbons (Fsp3) is 0.219. The first-order valence-electron chi connectivity index (χ1n) is 13.4. The van der Waals surface area contributed by atoms with Crippen molar-refractivity contribution >= 4 is 17.3 Å². The van der Waals surface area contributed by atoms with Crippen LogP contribution in [0, 0.1) is 29.9 Å². The van der Waals surface area contributed by atoms with Crippen molar-refractivity contribution in [3.05, 3.63) is 118 Å². The van der Waals surface area contributed by atoms with Crippen molar-refractivity contribution in [1.82, 2.24) is 14.8 Å². The van der Waals surface area contributed by atoms with Crippen molar-refractivity contribution in [2.24, 2.45) is 0 Å². The Morgan fingerprint density at radius 3 is 2.59 bits per heavy atom. The maximum absolute atomic E-state index is 15.2. The van der Waals surface area contributed by atoms with Gasteiger partial charge in [0.05, 0.1) is 28.9 Å². The fourth-order valence-electron chi connectivity index (χ4n) is 4.90. The average Bonchev–Trinajstić information content (AvgIpc) is 3.64. The van der Waals surface area contributed by atoms with Gasteiger partial charge in [-0.3, -0.25) is 4.79 Å². The van der Waals surface area contributed by atoms with Gasteiger partial charge >= 0.3 is 5.97 Å². The van der Waals surface area contributed by atoms with Crippen molar-refractivity contribution in [2.45, 2.75) is 45.4 Å². The van der Waals surface area contributed by atoms with Gasteiger partial charge in [-0.05, 0) is 48.4 Å². The van der Waals surface area contributed by atoms with Gasteiger partial charge in [-0.25, -0.2) is 18.3 Å². The number of esters is 1. The third kappa shape index (κ3) is 7.07. The SMILES string of the molecule is CC(=O)Oc1ccc(C[n+]2cnn(CC(O)(c3ccc(F)cc3F)C(C)c3nc(-c4ccc(C#N)cc4)cs3)c2)cc1C.[Br-]. The number of benzene rings is 3. The van der Waals surface area contributed by atoms with E-state index in [-0.39, 0.29) is 29.1 Å². The van der Waals surface area contributed by atoms with Crippen molar-refractivity contribution in [1.29, 1.82) is 5.26 Å². The van der Waals surface area contributed by atoms with Crippen LogP contribution in [0.5, 0.6) is 5.75 Å². The molecule has 8 nitrogen and oxygen atoms in total. The van der Waals surface area contributed by atoms with Crippen LogP contribution in [0.25, 0.3) is 11.3 Å². The summed E-state index contributed by atoms with van der Waals surface area (Å²) in [5.74, 6) is -2.24. The molecule has 0 radical (unpaired) electrons. The van der Waals surface area contributed by atoms with E-state index in [1.54, 1.807) is 54.5 Å². The summed E-state index contributed by atoms with van der Waals surface area (Å²) in [5, 5.41) is 28.1. The molecule has 5 rings (SSSR count). The van der Waals surface area contributed by atoms with Crippen LogP contribution in [0.3, 0.4) is 0 Å². The van der Waals surface area contributed by atoms with Crippen LogP contribution in [-0.4, -0.2) is 25.8 Å². The number of carbonyl (C=O) groups is 1. The largest absolute Gasteiger partial charge is 1.00 e. The first-order valence-corrected chi connectivity index (χ1v) is 14.3. The molecule has 0 aliphatic rings. The molecule has 0 saturated carbocycles. The molecule has 2 unspecified atom stereocenters. The van der Waals surface area contributed by atoms with Crippen LogP contribution in [0.15, 0.2) is 78.7 Å². The molecule has 1 N–H and O–H groups in total. The monoisotopic (exact) mass is 679 g/mol. The molecule has 2 heterocycles. The lowest BCUT2D eigenvalue weighted by molar-refractivity contribution is -0.689. The quantitative estimate of drug-likeness (QED) is 0.146. The third-order valence-corrected chi connectivity index (χ3v) is 8.23. The molecule has 0 spiro atoms. The smallest absolute Gasteiger partial charge is 0.308 e. The van der Waals surface area contributed by atoms with Gasteiger partial charge in [0.2, 0.25) is 6.33 Å². The number of rotatable bonds is 9. The van der Waals surface area contributed by atoms with Crippen molar-refractivity contribution < 1.29 is 45.0 Å². The summed E-state index contributed by atoms with van der Waals surface area (Å²) in [6.07, 6.45) is 3.28. The fourth-order valence-corrected chi connectivity index (χ4v) is 5.87. The number of aliphatic hydroxyl groups is 1. The number of carbonyl (C=O) groups excluding carboxylic acids is 1. The molecule has 3 aromatic carbocycles. The zero-order valence-corrected chi connectivity index (χ0v) is 26.4. The number of nitrogens with zero attached hydrogens (tertiary/aromatic N) is 5. The summed E-state index contributed by atoms with van der Waals surface area (Å²) in [4.78, 5) is 16.0. The number of hydrogen-bond acceptors (Lipinski definition) is 7. The predicted molar refractivity (Wildman–Crippen MR) is 155 cm³/mol. The normalized spacial score (nSPS) is 12.9. The number of aryl methyl sites for hydroxylation is 1. The topological polar surface area (TPSA) is 105 Å². The molecule has 2 atom stereocenters. The highest BCUT2D eigenvalue weighted by Crippen LogP contribution is 2.41. The summed E-state index contributed by atoms with van der Waals surface area (Å²) in [6, 6.07) is 17.7. The van der Waals surface area contributed by atoms with E-state index in [1.807, 2.05) is 24.4 Å². The van der Waals surface area contributed by atoms with Gasteiger partial charge in [-0.2, -0.15) is 5.26 Å². The second-order valence-corrected chi connectivity index (χ2v) is 11.2. The molecule has 0 aliphatic carbocycles. The zero-order chi connectivity index (χ0) is 30.7. The maximum atomic E-state index is 15.2. The van der Waals surface area contributed by atoms with Gasteiger partial charge in [0.25, 0.3) is 6.33 Å². The van der Waals surface area contributed by atoms with E-state index in [4.69, 9.17) is 15.0 Å². The second-order valence-electron chi connectivity index (χ2n) is 10.3. The number of thiazole rings is 1. The van der Waals surface area contributed by atoms with Gasteiger partial charge in [0, 0.05) is 40.5 Å². The molecule has 0 aliphatic heterocycles. The highest BCUT2D eigenvalue weighted by atomic mass is 79.9. The number of aromatic nitrogens is 4. The Hall–Kier alpha value is -4.31. The molecular weight excluding hydrogens is 652 g/mol. The van der Waals surface area contributed by atoms with Gasteiger partial charge in [-0.1, -0.05) is 31.2 Å². The molecule has 5 aromatic rings. The molecule has 0 bridgehead atoms. The predicted octanol–water partition coefficient (Wildman–Crippen LogP) is 2.42. The Bertz CT molecular complexity index is 1840. The van der Waals surface area contributed by atoms with E-state index in [2.05, 4.69) is 11.2 Å². The van der Waals surface area contributed by atoms with E-state index in [0.717, 1.165) is 28.8 Å². The van der Waals surface area contributed by atoms with Crippen LogP contribution in [-0.2, 0) is 23.5 Å². The van der Waals surface area contributed by atoms with E-state index >= 15 is 4.39 Å². The molecule has 226 valence electrons. The molecule has 44 heavy (non-hydrogen) atoms. The Labute approximate surface area is 267 Å². The number of hydrogen-bond donors (Lipinski definition) is 1. The van der Waals surface area contributed by atoms with Crippen LogP contribution >= 0.6 is 11.3 Å². The second kappa shape index (κ2) is 13.5. The Morgan fingerprint density at radius 1 is 1.18 bits per heavy atom. The van der Waals surface area contributed by atoms with Gasteiger partial charge in [-0.15, -0.1) is 16.0 Å². The van der Waals surface area contributed by atoms with Crippen LogP contribution in [0.4, 0.5) is 8.78 Å². The van der Waals surface area contributed by atoms with Gasteiger partial charge in [0.1, 0.15) is 29.5 Å². The third-order valence-electron chi connectivity index (χ3n) is 7.21. The van der Waals surface area contributed by atoms with Crippen LogP contribution in [0.2, 0.25) is 0 Å². The lowest BCUT2D eigenvalue weighted by Crippen LogP contribution is -3.00. The number of ether oxygens (including phenoxy) is 1. The first kappa shape index (κ1) is 32.6. The lowest BCUT2D eigenvalue weighted by Gasteiger charge is -2.32. The molecular formula is C32H28BrF2N5O3S. The number of halogens is 3. The minimum atomic E-state index is -1.84. The highest BCUT2D eigenvalue weighted by molar-refractivity contribution is 7.10. The standard InChI is InChI=1S/C32H28F2N5O3S.BrH/c1-20-12-24(6-11-30(20)42-22(3)40)15-38-18-36-39(19-38)17-32(41,27-10-9-26(33)13-28(27)34)21(2)31-37-29(16-43-31)25-7-4-23(14-35)5-8-25;/h4-13,16,18-19,21,41H,15,17H2,1-3H3;1H/q+1;/p-1. The van der Waals surface area contributed by atoms with Crippen molar-refractivity contribution in [2.75, 3.05) is 0 Å². The summed E-state index contributed by atoms with van der Waals surface area (Å²) in [6.45, 7) is 5.25. The zero-order valence-electron chi connectivity index (χ0n) is 24.0. The summed E-state index contributed by atoms with van der Waals surface area (Å²) in [5.41, 5.74) is 1.81. The van der Waals surface area contributed by atoms with Crippen molar-refractivity contribution in [3.8, 4) is 23.1 Å². The highest BCUT2D eigenvalue weighted by Gasteiger charge is 2.43. The molecule has 0 fully saturated rings. The maximum Gasteiger partial charge on any atom is 0.308 e. The average molecular weight is 681 g/mol. The Morgan fingerprint density at radius 2 is 1.93 bits per heavy atom. The summed E-state index contributed by atoms with van der Waals surface area (Å²) < 4.78 is 37.6. The molecule has 0 saturated heterocycles. The van der Waals surface area contributed by atoms with Crippen molar-refractivity contribution in [3.63, 3.8) is 0 Å². The first-order chi connectivity index (χ1) is 20.5. The Balaban J connectivity index is 0.00000442. The lowest BCUT2D eigenvalue weighted by atomic mass is 9.82.